The second-order valence-electron chi connectivity index (χ2n) is 6.84. The maximum absolute atomic E-state index is 12.8. The SMILES string of the molecule is CCCCCNC(=O)C1CC1C(=O)N1c2ccccc2CC1C. The van der Waals surface area contributed by atoms with Crippen LogP contribution in [0.15, 0.2) is 24.3 Å². The lowest BCUT2D eigenvalue weighted by atomic mass is 10.1. The molecule has 3 rings (SSSR count). The van der Waals surface area contributed by atoms with Crippen LogP contribution >= 0.6 is 0 Å². The normalized spacial score (nSPS) is 25.1. The fourth-order valence-electron chi connectivity index (χ4n) is 3.56. The maximum atomic E-state index is 12.8. The number of hydrogen-bond donors (Lipinski definition) is 1. The van der Waals surface area contributed by atoms with Crippen molar-refractivity contribution in [1.29, 1.82) is 0 Å². The van der Waals surface area contributed by atoms with Crippen molar-refractivity contribution in [1.82, 2.24) is 5.32 Å². The number of carbonyl (C=O) groups excluding carboxylic acids is 2. The first-order valence-corrected chi connectivity index (χ1v) is 8.82. The first-order valence-electron chi connectivity index (χ1n) is 8.82. The van der Waals surface area contributed by atoms with Crippen LogP contribution in [0.3, 0.4) is 0 Å². The van der Waals surface area contributed by atoms with Crippen LogP contribution in [0.2, 0.25) is 0 Å². The first-order chi connectivity index (χ1) is 11.1. The van der Waals surface area contributed by atoms with Gasteiger partial charge < -0.3 is 10.2 Å². The van der Waals surface area contributed by atoms with Gasteiger partial charge in [0.2, 0.25) is 11.8 Å². The summed E-state index contributed by atoms with van der Waals surface area (Å²) in [5.74, 6) is -0.0744. The molecule has 4 heteroatoms. The van der Waals surface area contributed by atoms with Crippen LogP contribution in [0, 0.1) is 11.8 Å². The molecule has 0 saturated heterocycles. The fourth-order valence-corrected chi connectivity index (χ4v) is 3.56. The Balaban J connectivity index is 1.57. The molecule has 1 fully saturated rings. The van der Waals surface area contributed by atoms with Crippen LogP contribution in [0.1, 0.15) is 45.1 Å². The number of fused-ring (bicyclic) bond motifs is 1. The summed E-state index contributed by atoms with van der Waals surface area (Å²) in [7, 11) is 0. The molecule has 1 aliphatic heterocycles. The van der Waals surface area contributed by atoms with Crippen molar-refractivity contribution in [3.05, 3.63) is 29.8 Å². The van der Waals surface area contributed by atoms with Gasteiger partial charge in [-0.3, -0.25) is 9.59 Å². The Morgan fingerprint density at radius 3 is 2.78 bits per heavy atom. The van der Waals surface area contributed by atoms with E-state index in [2.05, 4.69) is 25.2 Å². The van der Waals surface area contributed by atoms with Gasteiger partial charge in [-0.1, -0.05) is 38.0 Å². The Bertz CT molecular complexity index is 599. The number of amides is 2. The standard InChI is InChI=1S/C19H26N2O2/c1-3-4-7-10-20-18(22)15-12-16(15)19(23)21-13(2)11-14-8-5-6-9-17(14)21/h5-6,8-9,13,15-16H,3-4,7,10-12H2,1-2H3,(H,20,22). The van der Waals surface area contributed by atoms with Gasteiger partial charge >= 0.3 is 0 Å². The molecule has 1 saturated carbocycles. The molecule has 23 heavy (non-hydrogen) atoms. The van der Waals surface area contributed by atoms with Crippen LogP contribution in [0.5, 0.6) is 0 Å². The van der Waals surface area contributed by atoms with Gasteiger partial charge in [0.05, 0.1) is 11.8 Å². The molecule has 4 nitrogen and oxygen atoms in total. The summed E-state index contributed by atoms with van der Waals surface area (Å²) < 4.78 is 0. The highest BCUT2D eigenvalue weighted by Crippen LogP contribution is 2.43. The molecule has 0 bridgehead atoms. The summed E-state index contributed by atoms with van der Waals surface area (Å²) >= 11 is 0. The Morgan fingerprint density at radius 1 is 1.22 bits per heavy atom. The highest BCUT2D eigenvalue weighted by Gasteiger charge is 2.51. The lowest BCUT2D eigenvalue weighted by Crippen LogP contribution is -2.38. The number of anilines is 1. The van der Waals surface area contributed by atoms with Gasteiger partial charge in [-0.15, -0.1) is 0 Å². The van der Waals surface area contributed by atoms with E-state index in [1.807, 2.05) is 23.1 Å². The van der Waals surface area contributed by atoms with Crippen LogP contribution in [0.4, 0.5) is 5.69 Å². The molecule has 2 aliphatic rings. The number of nitrogens with zero attached hydrogens (tertiary/aromatic N) is 1. The smallest absolute Gasteiger partial charge is 0.231 e. The molecular weight excluding hydrogens is 288 g/mol. The van der Waals surface area contributed by atoms with E-state index in [1.54, 1.807) is 0 Å². The van der Waals surface area contributed by atoms with Gasteiger partial charge in [-0.25, -0.2) is 0 Å². The molecule has 1 heterocycles. The number of benzene rings is 1. The minimum Gasteiger partial charge on any atom is -0.356 e. The van der Waals surface area contributed by atoms with Crippen LogP contribution < -0.4 is 10.2 Å². The van der Waals surface area contributed by atoms with Crippen molar-refractivity contribution in [2.24, 2.45) is 11.8 Å². The molecule has 1 aromatic rings. The third kappa shape index (κ3) is 3.26. The summed E-state index contributed by atoms with van der Waals surface area (Å²) in [5.41, 5.74) is 2.26. The molecule has 3 unspecified atom stereocenters. The van der Waals surface area contributed by atoms with Crippen molar-refractivity contribution < 1.29 is 9.59 Å². The van der Waals surface area contributed by atoms with Gasteiger partial charge in [-0.05, 0) is 37.8 Å². The predicted octanol–water partition coefficient (Wildman–Crippen LogP) is 2.91. The lowest BCUT2D eigenvalue weighted by molar-refractivity contribution is -0.126. The molecule has 1 aliphatic carbocycles. The quantitative estimate of drug-likeness (QED) is 0.821. The largest absolute Gasteiger partial charge is 0.356 e. The van der Waals surface area contributed by atoms with E-state index in [1.165, 1.54) is 5.56 Å². The van der Waals surface area contributed by atoms with E-state index in [0.29, 0.717) is 6.42 Å². The molecule has 1 aromatic carbocycles. The lowest BCUT2D eigenvalue weighted by Gasteiger charge is -2.23. The predicted molar refractivity (Wildman–Crippen MR) is 91.2 cm³/mol. The third-order valence-corrected chi connectivity index (χ3v) is 4.97. The van der Waals surface area contributed by atoms with Gasteiger partial charge in [0.25, 0.3) is 0 Å². The topological polar surface area (TPSA) is 49.4 Å². The van der Waals surface area contributed by atoms with E-state index in [-0.39, 0.29) is 29.7 Å². The van der Waals surface area contributed by atoms with Crippen LogP contribution in [-0.4, -0.2) is 24.4 Å². The van der Waals surface area contributed by atoms with Crippen molar-refractivity contribution in [2.45, 2.75) is 52.0 Å². The Labute approximate surface area is 138 Å². The van der Waals surface area contributed by atoms with Gasteiger partial charge in [0, 0.05) is 18.3 Å². The zero-order chi connectivity index (χ0) is 16.4. The highest BCUT2D eigenvalue weighted by molar-refractivity contribution is 6.02. The highest BCUT2D eigenvalue weighted by atomic mass is 16.2. The molecule has 0 radical (unpaired) electrons. The number of hydrogen-bond acceptors (Lipinski definition) is 2. The van der Waals surface area contributed by atoms with Crippen LogP contribution in [0.25, 0.3) is 0 Å². The van der Waals surface area contributed by atoms with Crippen molar-refractivity contribution in [3.63, 3.8) is 0 Å². The number of para-hydroxylation sites is 1. The van der Waals surface area contributed by atoms with Crippen molar-refractivity contribution in [3.8, 4) is 0 Å². The van der Waals surface area contributed by atoms with Crippen LogP contribution in [-0.2, 0) is 16.0 Å². The maximum Gasteiger partial charge on any atom is 0.231 e. The summed E-state index contributed by atoms with van der Waals surface area (Å²) in [6.07, 6.45) is 4.90. The van der Waals surface area contributed by atoms with Gasteiger partial charge in [0.1, 0.15) is 0 Å². The summed E-state index contributed by atoms with van der Waals surface area (Å²) in [6.45, 7) is 4.96. The van der Waals surface area contributed by atoms with Crippen molar-refractivity contribution in [2.75, 3.05) is 11.4 Å². The molecule has 1 N–H and O–H groups in total. The number of carbonyl (C=O) groups is 2. The van der Waals surface area contributed by atoms with E-state index in [4.69, 9.17) is 0 Å². The van der Waals surface area contributed by atoms with Crippen molar-refractivity contribution >= 4 is 17.5 Å². The third-order valence-electron chi connectivity index (χ3n) is 4.97. The van der Waals surface area contributed by atoms with E-state index in [0.717, 1.165) is 37.9 Å². The average molecular weight is 314 g/mol. The summed E-state index contributed by atoms with van der Waals surface area (Å²) in [6, 6.07) is 8.28. The monoisotopic (exact) mass is 314 g/mol. The Kier molecular flexibility index (Phi) is 4.69. The van der Waals surface area contributed by atoms with E-state index in [9.17, 15) is 9.59 Å². The molecule has 3 atom stereocenters. The second-order valence-corrected chi connectivity index (χ2v) is 6.84. The second kappa shape index (κ2) is 6.73. The Hall–Kier alpha value is -1.84. The molecular formula is C19H26N2O2. The van der Waals surface area contributed by atoms with E-state index < -0.39 is 0 Å². The molecule has 2 amide bonds. The zero-order valence-electron chi connectivity index (χ0n) is 14.0. The number of rotatable bonds is 6. The fraction of sp³-hybridized carbons (Fsp3) is 0.579. The number of nitrogens with one attached hydrogen (secondary N) is 1. The van der Waals surface area contributed by atoms with Gasteiger partial charge in [0.15, 0.2) is 0 Å². The first kappa shape index (κ1) is 16.0. The zero-order valence-corrected chi connectivity index (χ0v) is 14.0. The minimum atomic E-state index is -0.130. The molecule has 124 valence electrons. The minimum absolute atomic E-state index is 0.0552. The average Bonchev–Trinajstić information content (AvgIpc) is 3.27. The number of unbranched alkanes of at least 4 members (excludes halogenated alkanes) is 2. The molecule has 0 spiro atoms. The van der Waals surface area contributed by atoms with Gasteiger partial charge in [-0.2, -0.15) is 0 Å². The van der Waals surface area contributed by atoms with E-state index >= 15 is 0 Å². The summed E-state index contributed by atoms with van der Waals surface area (Å²) in [5, 5.41) is 2.98. The summed E-state index contributed by atoms with van der Waals surface area (Å²) in [4.78, 5) is 26.9. The Morgan fingerprint density at radius 2 is 2.00 bits per heavy atom. The molecule has 0 aromatic heterocycles.